The van der Waals surface area contributed by atoms with Crippen LogP contribution in [-0.2, 0) is 4.79 Å². The molecule has 1 atom stereocenters. The Morgan fingerprint density at radius 3 is 2.70 bits per heavy atom. The number of likely N-dealkylation sites (tertiary alicyclic amines) is 1. The highest BCUT2D eigenvalue weighted by Crippen LogP contribution is 2.41. The van der Waals surface area contributed by atoms with Gasteiger partial charge in [0.1, 0.15) is 5.75 Å². The first-order valence-corrected chi connectivity index (χ1v) is 14.0. The molecule has 0 radical (unpaired) electrons. The Bertz CT molecular complexity index is 1190. The lowest BCUT2D eigenvalue weighted by Gasteiger charge is -2.40. The van der Waals surface area contributed by atoms with Gasteiger partial charge in [-0.05, 0) is 87.8 Å². The number of aliphatic hydroxyl groups is 1. The van der Waals surface area contributed by atoms with Crippen molar-refractivity contribution in [3.05, 3.63) is 65.3 Å². The maximum absolute atomic E-state index is 12.8. The van der Waals surface area contributed by atoms with Crippen LogP contribution >= 0.6 is 23.4 Å². The van der Waals surface area contributed by atoms with Crippen LogP contribution in [0.1, 0.15) is 43.8 Å². The highest BCUT2D eigenvalue weighted by molar-refractivity contribution is 7.99. The van der Waals surface area contributed by atoms with Gasteiger partial charge in [-0.3, -0.25) is 15.0 Å². The first-order valence-electron chi connectivity index (χ1n) is 12.6. The van der Waals surface area contributed by atoms with Gasteiger partial charge in [0.05, 0.1) is 29.2 Å². The number of benzene rings is 2. The molecule has 1 saturated heterocycles. The number of rotatable bonds is 11. The van der Waals surface area contributed by atoms with Gasteiger partial charge in [0.25, 0.3) is 0 Å². The topological polar surface area (TPSA) is 94.9 Å². The van der Waals surface area contributed by atoms with Crippen molar-refractivity contribution in [1.29, 1.82) is 0 Å². The number of ether oxygens (including phenoxy) is 1. The van der Waals surface area contributed by atoms with Gasteiger partial charge in [-0.25, -0.2) is 5.48 Å². The summed E-state index contributed by atoms with van der Waals surface area (Å²) in [6, 6.07) is 15.8. The van der Waals surface area contributed by atoms with Crippen molar-refractivity contribution in [2.24, 2.45) is 5.41 Å². The number of hydrogen-bond acceptors (Lipinski definition) is 7. The van der Waals surface area contributed by atoms with Gasteiger partial charge >= 0.3 is 0 Å². The molecule has 3 N–H and O–H groups in total. The van der Waals surface area contributed by atoms with E-state index in [1.165, 1.54) is 4.90 Å². The van der Waals surface area contributed by atoms with Crippen LogP contribution in [-0.4, -0.2) is 58.6 Å². The summed E-state index contributed by atoms with van der Waals surface area (Å²) in [4.78, 5) is 20.8. The second kappa shape index (κ2) is 12.9. The second-order valence-electron chi connectivity index (χ2n) is 9.54. The van der Waals surface area contributed by atoms with Crippen LogP contribution in [0.15, 0.2) is 59.6 Å². The summed E-state index contributed by atoms with van der Waals surface area (Å²) in [6.07, 6.45) is 3.72. The number of methoxy groups -OCH3 is 1. The van der Waals surface area contributed by atoms with Gasteiger partial charge in [0.2, 0.25) is 5.91 Å². The number of hydroxylamine groups is 1. The molecule has 1 aliphatic heterocycles. The lowest BCUT2D eigenvalue weighted by Crippen LogP contribution is -2.48. The van der Waals surface area contributed by atoms with Crippen molar-refractivity contribution in [1.82, 2.24) is 15.4 Å². The van der Waals surface area contributed by atoms with Crippen molar-refractivity contribution in [2.75, 3.05) is 32.5 Å². The predicted octanol–water partition coefficient (Wildman–Crippen LogP) is 5.48. The number of pyridine rings is 1. The number of fused-ring (bicyclic) bond motifs is 1. The molecule has 1 amide bonds. The number of nitrogens with one attached hydrogen (secondary N) is 1. The number of thioether (sulfide) groups is 1. The molecular formula is C28H34ClN3O4S. The average molecular weight is 544 g/mol. The van der Waals surface area contributed by atoms with Gasteiger partial charge in [0, 0.05) is 22.0 Å². The lowest BCUT2D eigenvalue weighted by atomic mass is 9.73. The van der Waals surface area contributed by atoms with Crippen LogP contribution in [0.25, 0.3) is 10.9 Å². The Hall–Kier alpha value is -2.36. The number of aromatic nitrogens is 1. The highest BCUT2D eigenvalue weighted by Gasteiger charge is 2.41. The van der Waals surface area contributed by atoms with Crippen molar-refractivity contribution >= 4 is 40.2 Å². The first kappa shape index (κ1) is 27.7. The second-order valence-corrected chi connectivity index (χ2v) is 11.1. The number of amides is 1. The molecular weight excluding hydrogens is 510 g/mol. The van der Waals surface area contributed by atoms with E-state index in [1.807, 2.05) is 41.5 Å². The molecule has 2 aromatic carbocycles. The van der Waals surface area contributed by atoms with E-state index in [0.29, 0.717) is 47.5 Å². The van der Waals surface area contributed by atoms with Crippen LogP contribution in [0, 0.1) is 5.41 Å². The number of nitrogens with zero attached hydrogens (tertiary/aromatic N) is 2. The zero-order valence-corrected chi connectivity index (χ0v) is 22.6. The molecule has 9 heteroatoms. The zero-order valence-electron chi connectivity index (χ0n) is 21.0. The maximum Gasteiger partial charge on any atom is 0.249 e. The van der Waals surface area contributed by atoms with Crippen LogP contribution < -0.4 is 10.2 Å². The molecule has 1 aliphatic rings. The average Bonchev–Trinajstić information content (AvgIpc) is 2.94. The van der Waals surface area contributed by atoms with E-state index in [1.54, 1.807) is 13.3 Å². The molecule has 3 aromatic rings. The fourth-order valence-corrected chi connectivity index (χ4v) is 6.23. The number of carbonyl (C=O) groups is 1. The Morgan fingerprint density at radius 2 is 2.00 bits per heavy atom. The van der Waals surface area contributed by atoms with E-state index < -0.39 is 11.5 Å². The van der Waals surface area contributed by atoms with E-state index in [0.717, 1.165) is 37.2 Å². The molecule has 4 rings (SSSR count). The summed E-state index contributed by atoms with van der Waals surface area (Å²) in [5.74, 6) is 1.31. The highest BCUT2D eigenvalue weighted by atomic mass is 35.5. The Labute approximate surface area is 227 Å². The Morgan fingerprint density at radius 1 is 1.24 bits per heavy atom. The van der Waals surface area contributed by atoms with E-state index >= 15 is 0 Å². The monoisotopic (exact) mass is 543 g/mol. The summed E-state index contributed by atoms with van der Waals surface area (Å²) in [7, 11) is 1.58. The molecule has 0 saturated carbocycles. The fourth-order valence-electron chi connectivity index (χ4n) is 5.10. The van der Waals surface area contributed by atoms with Gasteiger partial charge in [0.15, 0.2) is 0 Å². The summed E-state index contributed by atoms with van der Waals surface area (Å²) in [5, 5.41) is 21.8. The van der Waals surface area contributed by atoms with E-state index in [-0.39, 0.29) is 5.91 Å². The van der Waals surface area contributed by atoms with Gasteiger partial charge in [-0.1, -0.05) is 29.8 Å². The number of halogens is 1. The summed E-state index contributed by atoms with van der Waals surface area (Å²) in [5.41, 5.74) is 2.44. The maximum atomic E-state index is 12.8. The van der Waals surface area contributed by atoms with E-state index in [4.69, 9.17) is 16.3 Å². The largest absolute Gasteiger partial charge is 0.497 e. The molecule has 7 nitrogen and oxygen atoms in total. The third-order valence-electron chi connectivity index (χ3n) is 7.32. The van der Waals surface area contributed by atoms with Gasteiger partial charge in [-0.15, -0.1) is 11.8 Å². The third kappa shape index (κ3) is 6.75. The molecule has 198 valence electrons. The quantitative estimate of drug-likeness (QED) is 0.127. The predicted molar refractivity (Wildman–Crippen MR) is 147 cm³/mol. The molecule has 37 heavy (non-hydrogen) atoms. The van der Waals surface area contributed by atoms with Gasteiger partial charge < -0.3 is 14.7 Å². The molecule has 0 bridgehead atoms. The zero-order chi connectivity index (χ0) is 26.3. The van der Waals surface area contributed by atoms with Crippen LogP contribution in [0.5, 0.6) is 5.75 Å². The SMILES string of the molecule is COc1ccc2ncc(Cl)c(C(O)CCC3(C(=O)NO)CCN(CCCSc4ccccc4)CC3)c2c1. The van der Waals surface area contributed by atoms with Crippen molar-refractivity contribution in [2.45, 2.75) is 43.1 Å². The number of hydrogen-bond donors (Lipinski definition) is 3. The van der Waals surface area contributed by atoms with E-state index in [9.17, 15) is 15.1 Å². The van der Waals surface area contributed by atoms with Crippen LogP contribution in [0.4, 0.5) is 0 Å². The fraction of sp³-hybridized carbons (Fsp3) is 0.429. The minimum atomic E-state index is -0.887. The first-order chi connectivity index (χ1) is 18.0. The minimum absolute atomic E-state index is 0.331. The van der Waals surface area contributed by atoms with Crippen molar-refractivity contribution in [3.63, 3.8) is 0 Å². The lowest BCUT2D eigenvalue weighted by molar-refractivity contribution is -0.143. The van der Waals surface area contributed by atoms with Crippen LogP contribution in [0.3, 0.4) is 0 Å². The molecule has 1 aromatic heterocycles. The Balaban J connectivity index is 1.36. The number of piperidine rings is 1. The molecule has 0 spiro atoms. The molecule has 2 heterocycles. The van der Waals surface area contributed by atoms with Crippen molar-refractivity contribution < 1.29 is 19.8 Å². The summed E-state index contributed by atoms with van der Waals surface area (Å²) < 4.78 is 5.34. The van der Waals surface area contributed by atoms with E-state index in [2.05, 4.69) is 34.1 Å². The minimum Gasteiger partial charge on any atom is -0.497 e. The molecule has 1 fully saturated rings. The smallest absolute Gasteiger partial charge is 0.249 e. The number of carbonyl (C=O) groups excluding carboxylic acids is 1. The van der Waals surface area contributed by atoms with Gasteiger partial charge in [-0.2, -0.15) is 0 Å². The van der Waals surface area contributed by atoms with Crippen molar-refractivity contribution in [3.8, 4) is 5.75 Å². The third-order valence-corrected chi connectivity index (χ3v) is 8.72. The molecule has 1 unspecified atom stereocenters. The van der Waals surface area contributed by atoms with Crippen LogP contribution in [0.2, 0.25) is 5.02 Å². The summed E-state index contributed by atoms with van der Waals surface area (Å²) in [6.45, 7) is 2.52. The standard InChI is InChI=1S/C28H34ClN3O4S/c1-36-20-8-9-24-22(18-20)26(23(29)19-30-24)25(33)10-11-28(27(34)31-35)12-15-32(16-13-28)14-5-17-37-21-6-3-2-4-7-21/h2-4,6-9,18-19,25,33,35H,5,10-17H2,1H3,(H,31,34). The summed E-state index contributed by atoms with van der Waals surface area (Å²) >= 11 is 8.32. The Kier molecular flexibility index (Phi) is 9.67. The number of aliphatic hydroxyl groups excluding tert-OH is 1. The molecule has 0 aliphatic carbocycles. The normalized spacial score (nSPS) is 16.4.